The van der Waals surface area contributed by atoms with Crippen LogP contribution < -0.4 is 4.72 Å². The molecule has 0 unspecified atom stereocenters. The van der Waals surface area contributed by atoms with Crippen LogP contribution in [0.25, 0.3) is 0 Å². The molecule has 2 aliphatic carbocycles. The summed E-state index contributed by atoms with van der Waals surface area (Å²) in [4.78, 5) is 16.9. The molecule has 1 amide bonds. The molecule has 6 nitrogen and oxygen atoms in total. The molecular weight excluding hydrogens is 415 g/mol. The number of nitrogens with one attached hydrogen (secondary N) is 1. The van der Waals surface area contributed by atoms with Gasteiger partial charge in [-0.2, -0.15) is 8.42 Å². The number of fused-ring (bicyclic) bond motifs is 2. The molecule has 0 saturated carbocycles. The second-order valence-electron chi connectivity index (χ2n) is 8.17. The molecule has 29 heavy (non-hydrogen) atoms. The zero-order chi connectivity index (χ0) is 21.0. The second-order valence-corrected chi connectivity index (χ2v) is 11.1. The molecule has 0 atom stereocenters. The van der Waals surface area contributed by atoms with E-state index < -0.39 is 21.5 Å². The second kappa shape index (κ2) is 7.14. The number of rotatable bonds is 5. The van der Waals surface area contributed by atoms with Crippen molar-refractivity contribution in [2.24, 2.45) is 0 Å². The van der Waals surface area contributed by atoms with Crippen molar-refractivity contribution in [2.45, 2.75) is 68.7 Å². The third-order valence-electron chi connectivity index (χ3n) is 5.60. The molecule has 1 aromatic carbocycles. The molecule has 0 bridgehead atoms. The largest absolute Gasteiger partial charge is 0.385 e. The van der Waals surface area contributed by atoms with Crippen molar-refractivity contribution in [3.05, 3.63) is 44.7 Å². The number of carbonyl (C=O) groups excluding carboxylic acids is 1. The molecule has 2 aromatic rings. The van der Waals surface area contributed by atoms with Crippen LogP contribution in [0.1, 0.15) is 59.4 Å². The Morgan fingerprint density at radius 3 is 2.24 bits per heavy atom. The third-order valence-corrected chi connectivity index (χ3v) is 8.67. The van der Waals surface area contributed by atoms with Crippen LogP contribution in [-0.4, -0.2) is 24.4 Å². The molecule has 0 fully saturated rings. The van der Waals surface area contributed by atoms with E-state index in [1.54, 1.807) is 0 Å². The Labute approximate surface area is 173 Å². The first-order valence-electron chi connectivity index (χ1n) is 9.66. The van der Waals surface area contributed by atoms with E-state index in [9.17, 15) is 22.7 Å². The summed E-state index contributed by atoms with van der Waals surface area (Å²) < 4.78 is 41.7. The number of thiazole rings is 1. The molecule has 0 radical (unpaired) electrons. The van der Waals surface area contributed by atoms with Crippen LogP contribution in [0.3, 0.4) is 0 Å². The normalized spacial score (nSPS) is 16.0. The number of hydrogen-bond donors (Lipinski definition) is 2. The summed E-state index contributed by atoms with van der Waals surface area (Å²) in [6.45, 7) is 3.07. The van der Waals surface area contributed by atoms with Gasteiger partial charge in [0, 0.05) is 6.20 Å². The van der Waals surface area contributed by atoms with E-state index in [-0.39, 0.29) is 16.6 Å². The summed E-state index contributed by atoms with van der Waals surface area (Å²) in [6, 6.07) is 0. The van der Waals surface area contributed by atoms with Crippen LogP contribution in [0.15, 0.2) is 10.5 Å². The number of amides is 1. The quantitative estimate of drug-likeness (QED) is 0.748. The topological polar surface area (TPSA) is 96.4 Å². The highest BCUT2D eigenvalue weighted by Crippen LogP contribution is 2.38. The summed E-state index contributed by atoms with van der Waals surface area (Å²) in [7, 11) is -4.13. The Balaban J connectivity index is 1.59. The van der Waals surface area contributed by atoms with Gasteiger partial charge in [-0.1, -0.05) is 0 Å². The van der Waals surface area contributed by atoms with E-state index in [1.165, 1.54) is 20.0 Å². The van der Waals surface area contributed by atoms with Crippen molar-refractivity contribution in [3.63, 3.8) is 0 Å². The molecule has 1 heterocycles. The van der Waals surface area contributed by atoms with Crippen molar-refractivity contribution in [3.8, 4) is 0 Å². The van der Waals surface area contributed by atoms with E-state index in [1.807, 2.05) is 0 Å². The highest BCUT2D eigenvalue weighted by molar-refractivity contribution is 7.92. The van der Waals surface area contributed by atoms with Gasteiger partial charge in [0.25, 0.3) is 10.0 Å². The van der Waals surface area contributed by atoms with Gasteiger partial charge in [-0.25, -0.2) is 14.1 Å². The molecule has 0 aliphatic heterocycles. The Kier molecular flexibility index (Phi) is 5.03. The van der Waals surface area contributed by atoms with Crippen LogP contribution in [0.4, 0.5) is 4.39 Å². The fraction of sp³-hybridized carbons (Fsp3) is 0.500. The number of aromatic nitrogens is 1. The number of aliphatic hydroxyl groups is 1. The van der Waals surface area contributed by atoms with Gasteiger partial charge < -0.3 is 5.11 Å². The standard InChI is InChI=1S/C20H23FN2O4S2/c1-20(2,25)16-10-22-19(28-16)29(26,27)23-17(24)9-15-11-5-3-7-13(11)18(21)14-8-4-6-12(14)15/h10,25H,3-9H2,1-2H3,(H,23,24). The molecule has 1 aromatic heterocycles. The maximum Gasteiger partial charge on any atom is 0.291 e. The lowest BCUT2D eigenvalue weighted by molar-refractivity contribution is -0.118. The summed E-state index contributed by atoms with van der Waals surface area (Å²) in [5, 5.41) is 10.0. The van der Waals surface area contributed by atoms with Gasteiger partial charge in [0.2, 0.25) is 10.2 Å². The van der Waals surface area contributed by atoms with E-state index >= 15 is 0 Å². The zero-order valence-corrected chi connectivity index (χ0v) is 18.0. The maximum absolute atomic E-state index is 14.8. The van der Waals surface area contributed by atoms with Crippen molar-refractivity contribution in [1.82, 2.24) is 9.71 Å². The van der Waals surface area contributed by atoms with E-state index in [4.69, 9.17) is 0 Å². The summed E-state index contributed by atoms with van der Waals surface area (Å²) >= 11 is 0.824. The van der Waals surface area contributed by atoms with Crippen molar-refractivity contribution < 1.29 is 22.7 Å². The summed E-state index contributed by atoms with van der Waals surface area (Å²) in [5.74, 6) is -0.775. The first kappa shape index (κ1) is 20.4. The average Bonchev–Trinajstić information content (AvgIpc) is 3.37. The first-order chi connectivity index (χ1) is 13.6. The Hall–Kier alpha value is -1.84. The van der Waals surface area contributed by atoms with Crippen molar-refractivity contribution >= 4 is 27.3 Å². The van der Waals surface area contributed by atoms with Crippen LogP contribution in [0, 0.1) is 5.82 Å². The van der Waals surface area contributed by atoms with Gasteiger partial charge in [-0.3, -0.25) is 4.79 Å². The van der Waals surface area contributed by atoms with Crippen LogP contribution >= 0.6 is 11.3 Å². The Bertz CT molecular complexity index is 1070. The Morgan fingerprint density at radius 2 is 1.72 bits per heavy atom. The minimum Gasteiger partial charge on any atom is -0.385 e. The SMILES string of the molecule is CC(C)(O)c1cnc(S(=O)(=O)NC(=O)Cc2c3c(c(F)c4c2CCC4)CCC3)s1. The number of halogens is 1. The fourth-order valence-electron chi connectivity index (χ4n) is 4.27. The van der Waals surface area contributed by atoms with Crippen LogP contribution in [0.2, 0.25) is 0 Å². The van der Waals surface area contributed by atoms with Gasteiger partial charge in [0.15, 0.2) is 0 Å². The number of nitrogens with zero attached hydrogens (tertiary/aromatic N) is 1. The van der Waals surface area contributed by atoms with Gasteiger partial charge in [0.05, 0.1) is 16.9 Å². The number of benzene rings is 1. The maximum atomic E-state index is 14.8. The fourth-order valence-corrected chi connectivity index (χ4v) is 6.40. The smallest absolute Gasteiger partial charge is 0.291 e. The molecule has 0 spiro atoms. The number of hydrogen-bond acceptors (Lipinski definition) is 6. The van der Waals surface area contributed by atoms with E-state index in [0.29, 0.717) is 28.8 Å². The lowest BCUT2D eigenvalue weighted by atomic mass is 9.91. The minimum atomic E-state index is -4.13. The van der Waals surface area contributed by atoms with Gasteiger partial charge >= 0.3 is 0 Å². The van der Waals surface area contributed by atoms with Gasteiger partial charge in [-0.05, 0) is 80.2 Å². The monoisotopic (exact) mass is 438 g/mol. The van der Waals surface area contributed by atoms with Gasteiger partial charge in [-0.15, -0.1) is 11.3 Å². The highest BCUT2D eigenvalue weighted by atomic mass is 32.2. The summed E-state index contributed by atoms with van der Waals surface area (Å²) in [5.41, 5.74) is 2.75. The van der Waals surface area contributed by atoms with Crippen molar-refractivity contribution in [2.75, 3.05) is 0 Å². The lowest BCUT2D eigenvalue weighted by Gasteiger charge is -2.16. The van der Waals surface area contributed by atoms with E-state index in [0.717, 1.165) is 53.7 Å². The minimum absolute atomic E-state index is 0.0894. The summed E-state index contributed by atoms with van der Waals surface area (Å²) in [6.07, 6.45) is 5.67. The number of sulfonamides is 1. The molecule has 2 N–H and O–H groups in total. The Morgan fingerprint density at radius 1 is 1.17 bits per heavy atom. The predicted molar refractivity (Wildman–Crippen MR) is 107 cm³/mol. The number of carbonyl (C=O) groups is 1. The highest BCUT2D eigenvalue weighted by Gasteiger charge is 2.31. The van der Waals surface area contributed by atoms with Crippen molar-refractivity contribution in [1.29, 1.82) is 0 Å². The third kappa shape index (κ3) is 3.71. The average molecular weight is 439 g/mol. The molecule has 9 heteroatoms. The molecule has 4 rings (SSSR count). The molecular formula is C20H23FN2O4S2. The molecule has 0 saturated heterocycles. The molecule has 2 aliphatic rings. The predicted octanol–water partition coefficient (Wildman–Crippen LogP) is 2.53. The van der Waals surface area contributed by atoms with Crippen LogP contribution in [0.5, 0.6) is 0 Å². The first-order valence-corrected chi connectivity index (χ1v) is 12.0. The lowest BCUT2D eigenvalue weighted by Crippen LogP contribution is -2.32. The van der Waals surface area contributed by atoms with Crippen LogP contribution in [-0.2, 0) is 52.5 Å². The van der Waals surface area contributed by atoms with Gasteiger partial charge in [0.1, 0.15) is 5.82 Å². The van der Waals surface area contributed by atoms with E-state index in [2.05, 4.69) is 9.71 Å². The molecule has 156 valence electrons. The zero-order valence-electron chi connectivity index (χ0n) is 16.3.